The topological polar surface area (TPSA) is 86.1 Å². The molecule has 0 spiro atoms. The van der Waals surface area contributed by atoms with Crippen molar-refractivity contribution in [2.45, 2.75) is 51.2 Å². The van der Waals surface area contributed by atoms with E-state index in [2.05, 4.69) is 51.4 Å². The molecule has 0 aliphatic heterocycles. The summed E-state index contributed by atoms with van der Waals surface area (Å²) in [6, 6.07) is 8.28. The standard InChI is InChI=1S/C26H28N4O3S3/c1-4-11-30-23(18-13-34-19-8-6-5-7-16(18)19)28-29-26(30)35-14-21(31)27-24-22(25(32)33-3)17-10-9-15(2)12-20(17)36-24/h5-8,13,15H,4,9-12,14H2,1-3H3,(H,27,31). The van der Waals surface area contributed by atoms with Crippen LogP contribution < -0.4 is 5.32 Å². The molecular weight excluding hydrogens is 513 g/mol. The lowest BCUT2D eigenvalue weighted by molar-refractivity contribution is -0.113. The van der Waals surface area contributed by atoms with Crippen LogP contribution in [0.2, 0.25) is 0 Å². The Kier molecular flexibility index (Phi) is 7.45. The van der Waals surface area contributed by atoms with Gasteiger partial charge in [-0.1, -0.05) is 43.8 Å². The SMILES string of the molecule is CCCn1c(SCC(=O)Nc2sc3c(c2C(=O)OC)CCC(C)C3)nnc1-c1csc2ccccc12. The zero-order valence-corrected chi connectivity index (χ0v) is 22.9. The number of nitrogens with one attached hydrogen (secondary N) is 1. The van der Waals surface area contributed by atoms with Gasteiger partial charge in [-0.05, 0) is 43.2 Å². The number of amides is 1. The van der Waals surface area contributed by atoms with Gasteiger partial charge in [0.25, 0.3) is 0 Å². The molecular formula is C26H28N4O3S3. The fourth-order valence-corrected chi connectivity index (χ4v) is 7.74. The van der Waals surface area contributed by atoms with E-state index >= 15 is 0 Å². The first kappa shape index (κ1) is 25.0. The Bertz CT molecular complexity index is 1420. The first-order chi connectivity index (χ1) is 17.5. The van der Waals surface area contributed by atoms with Crippen molar-refractivity contribution < 1.29 is 14.3 Å². The van der Waals surface area contributed by atoms with Gasteiger partial charge in [0.05, 0.1) is 18.4 Å². The van der Waals surface area contributed by atoms with Crippen LogP contribution in [-0.4, -0.2) is 39.5 Å². The molecule has 0 fully saturated rings. The number of benzene rings is 1. The molecule has 3 heterocycles. The molecule has 1 atom stereocenters. The second kappa shape index (κ2) is 10.7. The van der Waals surface area contributed by atoms with Crippen LogP contribution in [0.25, 0.3) is 21.5 Å². The first-order valence-corrected chi connectivity index (χ1v) is 14.7. The van der Waals surface area contributed by atoms with Crippen LogP contribution in [0.5, 0.6) is 0 Å². The summed E-state index contributed by atoms with van der Waals surface area (Å²) in [7, 11) is 1.38. The number of aromatic nitrogens is 3. The monoisotopic (exact) mass is 540 g/mol. The highest BCUT2D eigenvalue weighted by atomic mass is 32.2. The van der Waals surface area contributed by atoms with E-state index < -0.39 is 0 Å². The number of methoxy groups -OCH3 is 1. The third-order valence-corrected chi connectivity index (χ3v) is 9.47. The number of anilines is 1. The summed E-state index contributed by atoms with van der Waals surface area (Å²) >= 11 is 4.55. The van der Waals surface area contributed by atoms with Gasteiger partial charge in [0.1, 0.15) is 5.00 Å². The highest BCUT2D eigenvalue weighted by Crippen LogP contribution is 2.40. The maximum absolute atomic E-state index is 13.0. The molecule has 1 aliphatic rings. The molecule has 0 saturated heterocycles. The van der Waals surface area contributed by atoms with Gasteiger partial charge >= 0.3 is 5.97 Å². The van der Waals surface area contributed by atoms with Crippen molar-refractivity contribution in [3.63, 3.8) is 0 Å². The number of thioether (sulfide) groups is 1. The van der Waals surface area contributed by atoms with Crippen molar-refractivity contribution in [2.75, 3.05) is 18.2 Å². The molecule has 1 aliphatic carbocycles. The molecule has 7 nitrogen and oxygen atoms in total. The number of thiophene rings is 2. The molecule has 0 saturated carbocycles. The third kappa shape index (κ3) is 4.81. The zero-order valence-electron chi connectivity index (χ0n) is 20.5. The molecule has 10 heteroatoms. The molecule has 1 amide bonds. The number of rotatable bonds is 8. The van der Waals surface area contributed by atoms with Crippen LogP contribution in [0.3, 0.4) is 0 Å². The summed E-state index contributed by atoms with van der Waals surface area (Å²) in [4.78, 5) is 26.7. The first-order valence-electron chi connectivity index (χ1n) is 12.0. The number of hydrogen-bond acceptors (Lipinski definition) is 8. The van der Waals surface area contributed by atoms with Crippen molar-refractivity contribution in [2.24, 2.45) is 5.92 Å². The maximum atomic E-state index is 13.0. The molecule has 0 radical (unpaired) electrons. The quantitative estimate of drug-likeness (QED) is 0.209. The normalized spacial score (nSPS) is 15.1. The Morgan fingerprint density at radius 2 is 2.11 bits per heavy atom. The third-order valence-electron chi connectivity index (χ3n) is 6.37. The van der Waals surface area contributed by atoms with Gasteiger partial charge in [0, 0.05) is 32.5 Å². The Morgan fingerprint density at radius 1 is 1.28 bits per heavy atom. The Hall–Kier alpha value is -2.69. The fraction of sp³-hybridized carbons (Fsp3) is 0.385. The predicted octanol–water partition coefficient (Wildman–Crippen LogP) is 6.27. The summed E-state index contributed by atoms with van der Waals surface area (Å²) in [6.45, 7) is 5.10. The molecule has 5 rings (SSSR count). The number of nitrogens with zero attached hydrogens (tertiary/aromatic N) is 3. The van der Waals surface area contributed by atoms with E-state index in [9.17, 15) is 9.59 Å². The Balaban J connectivity index is 1.35. The summed E-state index contributed by atoms with van der Waals surface area (Å²) in [6.07, 6.45) is 3.72. The highest BCUT2D eigenvalue weighted by molar-refractivity contribution is 7.99. The van der Waals surface area contributed by atoms with Crippen LogP contribution in [0.15, 0.2) is 34.8 Å². The van der Waals surface area contributed by atoms with Crippen LogP contribution in [0.4, 0.5) is 5.00 Å². The van der Waals surface area contributed by atoms with Gasteiger partial charge in [-0.15, -0.1) is 32.9 Å². The average Bonchev–Trinajstić information content (AvgIpc) is 3.57. The fourth-order valence-electron chi connectivity index (χ4n) is 4.62. The van der Waals surface area contributed by atoms with Crippen molar-refractivity contribution in [1.82, 2.24) is 14.8 Å². The number of fused-ring (bicyclic) bond motifs is 2. The molecule has 0 bridgehead atoms. The second-order valence-electron chi connectivity index (χ2n) is 8.99. The lowest BCUT2D eigenvalue weighted by atomic mass is 9.88. The highest BCUT2D eigenvalue weighted by Gasteiger charge is 2.29. The van der Waals surface area contributed by atoms with Gasteiger partial charge in [-0.2, -0.15) is 0 Å². The Labute approximate surface area is 222 Å². The second-order valence-corrected chi connectivity index (χ2v) is 11.9. The number of carbonyl (C=O) groups is 2. The smallest absolute Gasteiger partial charge is 0.341 e. The minimum atomic E-state index is -0.389. The molecule has 3 aromatic heterocycles. The van der Waals surface area contributed by atoms with Gasteiger partial charge in [-0.25, -0.2) is 4.79 Å². The molecule has 1 N–H and O–H groups in total. The van der Waals surface area contributed by atoms with Gasteiger partial charge < -0.3 is 14.6 Å². The molecule has 36 heavy (non-hydrogen) atoms. The van der Waals surface area contributed by atoms with Crippen LogP contribution in [0, 0.1) is 5.92 Å². The molecule has 188 valence electrons. The van der Waals surface area contributed by atoms with E-state index in [1.165, 1.54) is 39.8 Å². The lowest BCUT2D eigenvalue weighted by Gasteiger charge is -2.18. The van der Waals surface area contributed by atoms with Crippen LogP contribution >= 0.6 is 34.4 Å². The number of carbonyl (C=O) groups excluding carboxylic acids is 2. The predicted molar refractivity (Wildman–Crippen MR) is 147 cm³/mol. The zero-order chi connectivity index (χ0) is 25.2. The lowest BCUT2D eigenvalue weighted by Crippen LogP contribution is -2.17. The summed E-state index contributed by atoms with van der Waals surface area (Å²) < 4.78 is 8.35. The number of esters is 1. The van der Waals surface area contributed by atoms with E-state index in [4.69, 9.17) is 4.74 Å². The van der Waals surface area contributed by atoms with Crippen molar-refractivity contribution in [1.29, 1.82) is 0 Å². The van der Waals surface area contributed by atoms with E-state index in [0.717, 1.165) is 54.6 Å². The minimum absolute atomic E-state index is 0.172. The number of ether oxygens (including phenoxy) is 1. The van der Waals surface area contributed by atoms with E-state index in [1.54, 1.807) is 11.3 Å². The molecule has 1 unspecified atom stereocenters. The number of hydrogen-bond donors (Lipinski definition) is 1. The largest absolute Gasteiger partial charge is 0.465 e. The van der Waals surface area contributed by atoms with Crippen LogP contribution in [0.1, 0.15) is 47.5 Å². The van der Waals surface area contributed by atoms with Crippen LogP contribution in [-0.2, 0) is 28.9 Å². The van der Waals surface area contributed by atoms with Crippen molar-refractivity contribution in [3.8, 4) is 11.4 Å². The van der Waals surface area contributed by atoms with E-state index in [0.29, 0.717) is 21.6 Å². The maximum Gasteiger partial charge on any atom is 0.341 e. The van der Waals surface area contributed by atoms with Crippen molar-refractivity contribution in [3.05, 3.63) is 45.6 Å². The Morgan fingerprint density at radius 3 is 2.92 bits per heavy atom. The molecule has 1 aromatic carbocycles. The summed E-state index contributed by atoms with van der Waals surface area (Å²) in [5.74, 6) is 1.00. The van der Waals surface area contributed by atoms with Crippen molar-refractivity contribution >= 4 is 61.4 Å². The average molecular weight is 541 g/mol. The van der Waals surface area contributed by atoms with E-state index in [1.807, 2.05) is 12.1 Å². The van der Waals surface area contributed by atoms with Gasteiger partial charge in [0.2, 0.25) is 5.91 Å². The van der Waals surface area contributed by atoms with Gasteiger partial charge in [-0.3, -0.25) is 4.79 Å². The minimum Gasteiger partial charge on any atom is -0.465 e. The summed E-state index contributed by atoms with van der Waals surface area (Å²) in [5, 5.41) is 16.5. The molecule has 4 aromatic rings. The van der Waals surface area contributed by atoms with E-state index in [-0.39, 0.29) is 17.6 Å². The summed E-state index contributed by atoms with van der Waals surface area (Å²) in [5.41, 5.74) is 2.61. The van der Waals surface area contributed by atoms with Gasteiger partial charge in [0.15, 0.2) is 11.0 Å².